The summed E-state index contributed by atoms with van der Waals surface area (Å²) < 4.78 is 0. The van der Waals surface area contributed by atoms with Crippen LogP contribution in [0.25, 0.3) is 0 Å². The largest absolute Gasteiger partial charge is 0.369 e. The molecule has 1 unspecified atom stereocenters. The summed E-state index contributed by atoms with van der Waals surface area (Å²) in [6, 6.07) is 7.23. The Kier molecular flexibility index (Phi) is 24.7. The summed E-state index contributed by atoms with van der Waals surface area (Å²) in [5, 5.41) is 2.34. The van der Waals surface area contributed by atoms with Gasteiger partial charge in [0.15, 0.2) is 0 Å². The van der Waals surface area contributed by atoms with Gasteiger partial charge in [-0.15, -0.1) is 49.6 Å². The third-order valence-electron chi connectivity index (χ3n) is 6.23. The molecule has 1 aliphatic rings. The first kappa shape index (κ1) is 44.3. The average molecular weight is 694 g/mol. The molecule has 18 heteroatoms. The van der Waals surface area contributed by atoms with Gasteiger partial charge in [0.05, 0.1) is 37.0 Å². The summed E-state index contributed by atoms with van der Waals surface area (Å²) in [4.78, 5) is 58.9. The standard InChI is InChI=1S/C24H37N9O4S.4ClH/c25-21(34)13-30-5-6-31(14-22(26)35)9-10-33(16-24(28)37)20(12-32(8-7-30)15-23(27)36)11-18-1-3-19(4-2-18)29-17-38;;;;/h1-4,20H,5-16H2,(H2,25,34)(H2,26,35)(H2,27,36)(H2,28,37);4*1H. The lowest BCUT2D eigenvalue weighted by Gasteiger charge is -2.38. The fraction of sp³-hybridized carbons (Fsp3) is 0.542. The van der Waals surface area contributed by atoms with Crippen molar-refractivity contribution in [3.05, 3.63) is 29.8 Å². The van der Waals surface area contributed by atoms with Crippen LogP contribution < -0.4 is 22.9 Å². The molecule has 13 nitrogen and oxygen atoms in total. The Hall–Kier alpha value is -2.10. The van der Waals surface area contributed by atoms with E-state index in [4.69, 9.17) is 22.9 Å². The zero-order chi connectivity index (χ0) is 28.1. The summed E-state index contributed by atoms with van der Waals surface area (Å²) >= 11 is 4.67. The molecule has 8 N–H and O–H groups in total. The lowest BCUT2D eigenvalue weighted by atomic mass is 10.0. The van der Waals surface area contributed by atoms with E-state index in [-0.39, 0.29) is 81.8 Å². The van der Waals surface area contributed by atoms with E-state index in [0.29, 0.717) is 57.9 Å². The number of carbonyl (C=O) groups excluding carboxylic acids is 4. The number of rotatable bonds is 11. The molecule has 0 saturated carbocycles. The van der Waals surface area contributed by atoms with Crippen LogP contribution in [0.1, 0.15) is 5.56 Å². The highest BCUT2D eigenvalue weighted by Crippen LogP contribution is 2.17. The Morgan fingerprint density at radius 3 is 1.52 bits per heavy atom. The zero-order valence-corrected chi connectivity index (χ0v) is 27.2. The molecule has 1 atom stereocenters. The van der Waals surface area contributed by atoms with Gasteiger partial charge in [0.1, 0.15) is 0 Å². The lowest BCUT2D eigenvalue weighted by molar-refractivity contribution is -0.122. The van der Waals surface area contributed by atoms with Crippen LogP contribution in [0.5, 0.6) is 0 Å². The summed E-state index contributed by atoms with van der Waals surface area (Å²) in [5.74, 6) is -1.95. The maximum Gasteiger partial charge on any atom is 0.231 e. The fourth-order valence-corrected chi connectivity index (χ4v) is 4.61. The van der Waals surface area contributed by atoms with E-state index in [0.717, 1.165) is 5.56 Å². The quantitative estimate of drug-likeness (QED) is 0.169. The molecule has 0 spiro atoms. The van der Waals surface area contributed by atoms with Gasteiger partial charge in [-0.1, -0.05) is 12.1 Å². The molecule has 1 aromatic rings. The van der Waals surface area contributed by atoms with Crippen molar-refractivity contribution in [2.45, 2.75) is 12.5 Å². The first-order chi connectivity index (χ1) is 18.0. The van der Waals surface area contributed by atoms with Crippen LogP contribution in [0.4, 0.5) is 5.69 Å². The second-order valence-corrected chi connectivity index (χ2v) is 9.53. The number of amides is 4. The molecule has 42 heavy (non-hydrogen) atoms. The Balaban J connectivity index is -0.00000380. The van der Waals surface area contributed by atoms with E-state index in [1.165, 1.54) is 0 Å². The minimum atomic E-state index is -0.497. The number of benzene rings is 1. The van der Waals surface area contributed by atoms with Gasteiger partial charge in [0.25, 0.3) is 0 Å². The number of halogens is 4. The number of primary amides is 4. The predicted octanol–water partition coefficient (Wildman–Crippen LogP) is -0.818. The fourth-order valence-electron chi connectivity index (χ4n) is 4.50. The van der Waals surface area contributed by atoms with Crippen molar-refractivity contribution < 1.29 is 19.2 Å². The van der Waals surface area contributed by atoms with Gasteiger partial charge in [-0.3, -0.25) is 38.8 Å². The number of nitrogens with zero attached hydrogens (tertiary/aromatic N) is 5. The number of carbonyl (C=O) groups is 4. The molecule has 1 saturated heterocycles. The Morgan fingerprint density at radius 2 is 1.10 bits per heavy atom. The van der Waals surface area contributed by atoms with Crippen LogP contribution in [-0.2, 0) is 25.6 Å². The van der Waals surface area contributed by atoms with E-state index in [1.54, 1.807) is 0 Å². The van der Waals surface area contributed by atoms with Gasteiger partial charge in [0.2, 0.25) is 23.6 Å². The van der Waals surface area contributed by atoms with E-state index in [9.17, 15) is 19.2 Å². The molecule has 0 aliphatic carbocycles. The smallest absolute Gasteiger partial charge is 0.231 e. The highest BCUT2D eigenvalue weighted by atomic mass is 35.5. The Morgan fingerprint density at radius 1 is 0.690 bits per heavy atom. The van der Waals surface area contributed by atoms with Crippen molar-refractivity contribution in [3.63, 3.8) is 0 Å². The summed E-state index contributed by atoms with van der Waals surface area (Å²) in [6.07, 6.45) is 0.533. The maximum atomic E-state index is 12.0. The predicted molar refractivity (Wildman–Crippen MR) is 175 cm³/mol. The number of isothiocyanates is 1. The van der Waals surface area contributed by atoms with Crippen molar-refractivity contribution in [2.24, 2.45) is 27.9 Å². The highest BCUT2D eigenvalue weighted by molar-refractivity contribution is 7.78. The summed E-state index contributed by atoms with van der Waals surface area (Å²) in [5.41, 5.74) is 23.7. The number of aliphatic imine (C=N–C) groups is 1. The van der Waals surface area contributed by atoms with E-state index >= 15 is 0 Å². The minimum Gasteiger partial charge on any atom is -0.369 e. The van der Waals surface area contributed by atoms with Crippen LogP contribution in [-0.4, -0.2) is 126 Å². The minimum absolute atomic E-state index is 0. The second-order valence-electron chi connectivity index (χ2n) is 9.35. The lowest BCUT2D eigenvalue weighted by Crippen LogP contribution is -2.54. The van der Waals surface area contributed by atoms with Crippen molar-refractivity contribution in [1.29, 1.82) is 0 Å². The third kappa shape index (κ3) is 17.8. The molecule has 240 valence electrons. The monoisotopic (exact) mass is 691 g/mol. The summed E-state index contributed by atoms with van der Waals surface area (Å²) in [6.45, 7) is 3.04. The number of hydrogen-bond acceptors (Lipinski definition) is 10. The molecule has 2 rings (SSSR count). The molecule has 1 aromatic carbocycles. The third-order valence-corrected chi connectivity index (χ3v) is 6.32. The number of thiocarbonyl (C=S) groups is 1. The van der Waals surface area contributed by atoms with Crippen molar-refractivity contribution in [1.82, 2.24) is 19.6 Å². The van der Waals surface area contributed by atoms with Gasteiger partial charge in [-0.25, -0.2) is 0 Å². The van der Waals surface area contributed by atoms with Crippen molar-refractivity contribution in [3.8, 4) is 0 Å². The van der Waals surface area contributed by atoms with E-state index < -0.39 is 23.6 Å². The molecule has 0 radical (unpaired) electrons. The zero-order valence-electron chi connectivity index (χ0n) is 23.1. The maximum absolute atomic E-state index is 12.0. The topological polar surface area (TPSA) is 198 Å². The highest BCUT2D eigenvalue weighted by Gasteiger charge is 2.26. The SMILES string of the molecule is Cl.Cl.Cl.Cl.NC(=O)CN1CCN(CC(N)=O)CCN(CC(N)=O)C(Cc2ccc(N=C=S)cc2)CN(CC(N)=O)CC1. The molecule has 1 aliphatic heterocycles. The molecular weight excluding hydrogens is 652 g/mol. The van der Waals surface area contributed by atoms with E-state index in [2.05, 4.69) is 22.4 Å². The van der Waals surface area contributed by atoms with Crippen molar-refractivity contribution in [2.75, 3.05) is 72.0 Å². The van der Waals surface area contributed by atoms with Crippen LogP contribution in [0.15, 0.2) is 29.3 Å². The first-order valence-corrected chi connectivity index (χ1v) is 12.7. The van der Waals surface area contributed by atoms with Gasteiger partial charge in [-0.05, 0) is 36.3 Å². The molecular formula is C24H41Cl4N9O4S. The van der Waals surface area contributed by atoms with Gasteiger partial charge in [-0.2, -0.15) is 4.99 Å². The second kappa shape index (κ2) is 23.4. The number of hydrogen-bond donors (Lipinski definition) is 4. The van der Waals surface area contributed by atoms with Crippen LogP contribution >= 0.6 is 61.8 Å². The summed E-state index contributed by atoms with van der Waals surface area (Å²) in [7, 11) is 0. The molecule has 4 amide bonds. The number of nitrogens with two attached hydrogens (primary N) is 4. The van der Waals surface area contributed by atoms with Crippen LogP contribution in [0.3, 0.4) is 0 Å². The first-order valence-electron chi connectivity index (χ1n) is 12.3. The van der Waals surface area contributed by atoms with Gasteiger partial charge in [0, 0.05) is 51.9 Å². The van der Waals surface area contributed by atoms with Gasteiger partial charge < -0.3 is 22.9 Å². The van der Waals surface area contributed by atoms with Crippen molar-refractivity contribution >= 4 is 96.3 Å². The Bertz CT molecular complexity index is 1040. The molecule has 0 bridgehead atoms. The van der Waals surface area contributed by atoms with Crippen LogP contribution in [0.2, 0.25) is 0 Å². The average Bonchev–Trinajstić information content (AvgIpc) is 2.82. The molecule has 0 aromatic heterocycles. The molecule has 1 heterocycles. The normalized spacial score (nSPS) is 17.2. The van der Waals surface area contributed by atoms with Crippen LogP contribution in [0, 0.1) is 0 Å². The molecule has 1 fully saturated rings. The van der Waals surface area contributed by atoms with Gasteiger partial charge >= 0.3 is 0 Å². The van der Waals surface area contributed by atoms with E-state index in [1.807, 2.05) is 43.9 Å². The Labute approximate surface area is 276 Å².